The summed E-state index contributed by atoms with van der Waals surface area (Å²) >= 11 is 0. The fourth-order valence-electron chi connectivity index (χ4n) is 2.50. The molecule has 1 aromatic heterocycles. The highest BCUT2D eigenvalue weighted by atomic mass is 16.5. The number of rotatable bonds is 1. The molecule has 17 heavy (non-hydrogen) atoms. The van der Waals surface area contributed by atoms with Crippen LogP contribution in [0.15, 0.2) is 42.7 Å². The summed E-state index contributed by atoms with van der Waals surface area (Å²) in [7, 11) is 0. The number of aromatic nitrogens is 1. The van der Waals surface area contributed by atoms with Gasteiger partial charge < -0.3 is 4.74 Å². The maximum atomic E-state index is 7.95. The molecule has 2 unspecified atom stereocenters. The van der Waals surface area contributed by atoms with Gasteiger partial charge in [0.1, 0.15) is 5.75 Å². The Bertz CT molecular complexity index is 613. The maximum absolute atomic E-state index is 7.95. The molecule has 2 atom stereocenters. The summed E-state index contributed by atoms with van der Waals surface area (Å²) in [4.78, 5) is 4.15. The van der Waals surface area contributed by atoms with Gasteiger partial charge in [-0.25, -0.2) is 0 Å². The van der Waals surface area contributed by atoms with Crippen LogP contribution in [0.2, 0.25) is 0 Å². The van der Waals surface area contributed by atoms with Crippen molar-refractivity contribution in [2.24, 2.45) is 0 Å². The molecule has 0 N–H and O–H groups in total. The van der Waals surface area contributed by atoms with E-state index < -0.39 is 0 Å². The van der Waals surface area contributed by atoms with Gasteiger partial charge in [-0.15, -0.1) is 0 Å². The Morgan fingerprint density at radius 3 is 3.00 bits per heavy atom. The molecule has 0 radical (unpaired) electrons. The van der Waals surface area contributed by atoms with E-state index in [4.69, 9.17) is 6.11 Å². The first-order valence-corrected chi connectivity index (χ1v) is 5.90. The first kappa shape index (κ1) is 8.29. The van der Waals surface area contributed by atoms with Crippen LogP contribution in [0.5, 0.6) is 5.75 Å². The Balaban J connectivity index is 1.83. The minimum atomic E-state index is -0.0203. The largest absolute Gasteiger partial charge is 0.492 e. The lowest BCUT2D eigenvalue weighted by Crippen LogP contribution is -2.07. The van der Waals surface area contributed by atoms with E-state index in [1.54, 1.807) is 6.20 Å². The predicted molar refractivity (Wildman–Crippen MR) is 66.1 cm³/mol. The van der Waals surface area contributed by atoms with E-state index in [1.165, 1.54) is 5.56 Å². The highest BCUT2D eigenvalue weighted by Gasteiger charge is 2.50. The summed E-state index contributed by atoms with van der Waals surface area (Å²) < 4.78 is 13.7. The first-order valence-electron chi connectivity index (χ1n) is 6.47. The molecule has 2 heteroatoms. The van der Waals surface area contributed by atoms with Crippen LogP contribution in [0.25, 0.3) is 11.1 Å². The van der Waals surface area contributed by atoms with Crippen LogP contribution in [0.1, 0.15) is 19.8 Å². The molecule has 84 valence electrons. The maximum Gasteiger partial charge on any atom is 0.123 e. The van der Waals surface area contributed by atoms with Gasteiger partial charge >= 0.3 is 0 Å². The molecule has 0 saturated heterocycles. The Kier molecular flexibility index (Phi) is 1.51. The van der Waals surface area contributed by atoms with Crippen LogP contribution in [0, 0.1) is 0 Å². The van der Waals surface area contributed by atoms with Crippen LogP contribution in [0.3, 0.4) is 0 Å². The predicted octanol–water partition coefficient (Wildman–Crippen LogP) is 3.17. The van der Waals surface area contributed by atoms with Gasteiger partial charge in [0.05, 0.1) is 6.61 Å². The second-order valence-electron chi connectivity index (χ2n) is 4.81. The minimum absolute atomic E-state index is 0.00268. The van der Waals surface area contributed by atoms with Crippen molar-refractivity contribution in [1.29, 1.82) is 0 Å². The third kappa shape index (κ3) is 1.30. The molecule has 1 aliphatic carbocycles. The monoisotopic (exact) mass is 224 g/mol. The lowest BCUT2D eigenvalue weighted by molar-refractivity contribution is 0.323. The summed E-state index contributed by atoms with van der Waals surface area (Å²) in [6.45, 7) is 0.674. The van der Waals surface area contributed by atoms with Gasteiger partial charge in [0.2, 0.25) is 0 Å². The Hall–Kier alpha value is -1.83. The minimum Gasteiger partial charge on any atom is -0.492 e. The van der Waals surface area contributed by atoms with Gasteiger partial charge in [0.25, 0.3) is 0 Å². The van der Waals surface area contributed by atoms with Gasteiger partial charge in [-0.2, -0.15) is 0 Å². The van der Waals surface area contributed by atoms with Crippen molar-refractivity contribution < 1.29 is 6.11 Å². The van der Waals surface area contributed by atoms with E-state index in [0.717, 1.165) is 23.3 Å². The van der Waals surface area contributed by atoms with E-state index in [9.17, 15) is 0 Å². The smallest absolute Gasteiger partial charge is 0.123 e. The molecule has 2 aromatic rings. The summed E-state index contributed by atoms with van der Waals surface area (Å²) in [5.74, 6) is 0.956. The van der Waals surface area contributed by atoms with Gasteiger partial charge in [-0.05, 0) is 36.6 Å². The molecule has 1 saturated carbocycles. The number of ether oxygens (including phenoxy) is 1. The Morgan fingerprint density at radius 2 is 2.24 bits per heavy atom. The fraction of sp³-hybridized carbons (Fsp3) is 0.267. The van der Waals surface area contributed by atoms with Gasteiger partial charge in [-0.1, -0.05) is 12.1 Å². The topological polar surface area (TPSA) is 22.1 Å². The molecule has 4 rings (SSSR count). The fourth-order valence-corrected chi connectivity index (χ4v) is 2.50. The normalized spacial score (nSPS) is 29.6. The Morgan fingerprint density at radius 1 is 1.29 bits per heavy atom. The average molecular weight is 224 g/mol. The molecule has 0 amide bonds. The molecule has 2 heterocycles. The standard InChI is InChI=1S/C15H13NO/c1-2-12(9-16-7-1)11-3-4-14-13(8-11)15(5-6-15)10-17-14/h1-4,7-9H,5-6,10H2/i5D. The lowest BCUT2D eigenvalue weighted by Gasteiger charge is -2.07. The third-order valence-electron chi connectivity index (χ3n) is 3.69. The molecule has 1 aromatic carbocycles. The Labute approximate surface area is 102 Å². The van der Waals surface area contributed by atoms with Crippen LogP contribution in [0.4, 0.5) is 0 Å². The highest BCUT2D eigenvalue weighted by Crippen LogP contribution is 2.55. The third-order valence-corrected chi connectivity index (χ3v) is 3.69. The first-order chi connectivity index (χ1) is 8.79. The van der Waals surface area contributed by atoms with Gasteiger partial charge in [0.15, 0.2) is 0 Å². The van der Waals surface area contributed by atoms with E-state index in [1.807, 2.05) is 18.3 Å². The van der Waals surface area contributed by atoms with Crippen molar-refractivity contribution in [3.05, 3.63) is 48.3 Å². The van der Waals surface area contributed by atoms with E-state index in [-0.39, 0.29) is 11.8 Å². The van der Waals surface area contributed by atoms with Crippen LogP contribution >= 0.6 is 0 Å². The zero-order valence-electron chi connectivity index (χ0n) is 10.4. The molecular formula is C15H13NO. The zero-order valence-corrected chi connectivity index (χ0v) is 9.39. The number of hydrogen-bond acceptors (Lipinski definition) is 2. The van der Waals surface area contributed by atoms with Gasteiger partial charge in [0, 0.05) is 30.3 Å². The number of nitrogens with zero attached hydrogens (tertiary/aromatic N) is 1. The molecule has 0 bridgehead atoms. The summed E-state index contributed by atoms with van der Waals surface area (Å²) in [6.07, 6.45) is 4.58. The van der Waals surface area contributed by atoms with Crippen molar-refractivity contribution in [2.75, 3.05) is 6.61 Å². The quantitative estimate of drug-likeness (QED) is 0.742. The second-order valence-corrected chi connectivity index (χ2v) is 4.81. The van der Waals surface area contributed by atoms with Crippen LogP contribution in [-0.4, -0.2) is 11.6 Å². The number of pyridine rings is 1. The van der Waals surface area contributed by atoms with E-state index in [2.05, 4.69) is 23.2 Å². The SMILES string of the molecule is [2H]C1CC12COc1ccc(-c3cccnc3)cc12. The van der Waals surface area contributed by atoms with Crippen molar-refractivity contribution in [3.8, 4) is 16.9 Å². The zero-order chi connectivity index (χ0) is 12.2. The molecule has 2 aliphatic rings. The molecule has 1 spiro atoms. The number of benzene rings is 1. The van der Waals surface area contributed by atoms with Gasteiger partial charge in [-0.3, -0.25) is 4.98 Å². The number of fused-ring (bicyclic) bond motifs is 2. The molecule has 1 fully saturated rings. The molecule has 1 aliphatic heterocycles. The van der Waals surface area contributed by atoms with Crippen molar-refractivity contribution in [3.63, 3.8) is 0 Å². The second kappa shape index (κ2) is 3.10. The van der Waals surface area contributed by atoms with E-state index in [0.29, 0.717) is 6.61 Å². The molecular weight excluding hydrogens is 210 g/mol. The van der Waals surface area contributed by atoms with E-state index >= 15 is 0 Å². The highest BCUT2D eigenvalue weighted by molar-refractivity contribution is 5.66. The summed E-state index contributed by atoms with van der Waals surface area (Å²) in [6, 6.07) is 10.3. The van der Waals surface area contributed by atoms with Crippen molar-refractivity contribution in [2.45, 2.75) is 18.2 Å². The lowest BCUT2D eigenvalue weighted by atomic mass is 9.95. The summed E-state index contributed by atoms with van der Waals surface area (Å²) in [5.41, 5.74) is 3.47. The van der Waals surface area contributed by atoms with Crippen LogP contribution in [-0.2, 0) is 5.41 Å². The summed E-state index contributed by atoms with van der Waals surface area (Å²) in [5, 5.41) is 0. The average Bonchev–Trinajstić information content (AvgIpc) is 2.93. The van der Waals surface area contributed by atoms with Crippen molar-refractivity contribution >= 4 is 0 Å². The number of hydrogen-bond donors (Lipinski definition) is 0. The van der Waals surface area contributed by atoms with Crippen LogP contribution < -0.4 is 4.74 Å². The van der Waals surface area contributed by atoms with Crippen molar-refractivity contribution in [1.82, 2.24) is 4.98 Å². The molecule has 2 nitrogen and oxygen atoms in total.